The molecule has 0 aliphatic carbocycles. The number of aromatic nitrogens is 2. The number of para-hydroxylation sites is 2. The van der Waals surface area contributed by atoms with Gasteiger partial charge in [-0.3, -0.25) is 4.90 Å². The molecule has 2 aliphatic rings. The standard InChI is InChI=1S/C20H19N3O5/c1-23(9-14-11-24-15-4-2-3-5-17(15)27-14)10-19-21-20(22-28-19)13-6-7-16-18(8-13)26-12-25-16/h2-8,14H,9-12H2,1H3. The number of fused-ring (bicyclic) bond motifs is 2. The minimum atomic E-state index is -0.0591. The maximum absolute atomic E-state index is 6.00. The van der Waals surface area contributed by atoms with E-state index < -0.39 is 0 Å². The highest BCUT2D eigenvalue weighted by Crippen LogP contribution is 2.35. The van der Waals surface area contributed by atoms with E-state index in [4.69, 9.17) is 23.5 Å². The Morgan fingerprint density at radius 1 is 1.00 bits per heavy atom. The first-order valence-electron chi connectivity index (χ1n) is 9.04. The number of hydrogen-bond acceptors (Lipinski definition) is 8. The van der Waals surface area contributed by atoms with E-state index >= 15 is 0 Å². The zero-order valence-electron chi connectivity index (χ0n) is 15.3. The first-order valence-corrected chi connectivity index (χ1v) is 9.04. The van der Waals surface area contributed by atoms with Gasteiger partial charge in [-0.15, -0.1) is 0 Å². The number of nitrogens with zero attached hydrogens (tertiary/aromatic N) is 3. The summed E-state index contributed by atoms with van der Waals surface area (Å²) in [6, 6.07) is 13.3. The molecule has 0 saturated carbocycles. The fourth-order valence-corrected chi connectivity index (χ4v) is 3.27. The molecule has 0 fully saturated rings. The topological polar surface area (TPSA) is 79.1 Å². The van der Waals surface area contributed by atoms with Crippen LogP contribution in [0.1, 0.15) is 5.89 Å². The Morgan fingerprint density at radius 2 is 1.82 bits per heavy atom. The Hall–Kier alpha value is -3.26. The molecule has 0 N–H and O–H groups in total. The Labute approximate surface area is 161 Å². The first kappa shape index (κ1) is 16.9. The molecule has 1 unspecified atom stereocenters. The predicted octanol–water partition coefficient (Wildman–Crippen LogP) is 2.74. The van der Waals surface area contributed by atoms with Crippen LogP contribution < -0.4 is 18.9 Å². The van der Waals surface area contributed by atoms with Crippen molar-refractivity contribution >= 4 is 0 Å². The predicted molar refractivity (Wildman–Crippen MR) is 98.5 cm³/mol. The van der Waals surface area contributed by atoms with E-state index in [9.17, 15) is 0 Å². The van der Waals surface area contributed by atoms with Crippen molar-refractivity contribution in [1.29, 1.82) is 0 Å². The van der Waals surface area contributed by atoms with Crippen LogP contribution in [0.3, 0.4) is 0 Å². The van der Waals surface area contributed by atoms with Crippen molar-refractivity contribution < 1.29 is 23.5 Å². The lowest BCUT2D eigenvalue weighted by Crippen LogP contribution is -2.39. The van der Waals surface area contributed by atoms with E-state index in [1.807, 2.05) is 49.5 Å². The third kappa shape index (κ3) is 3.34. The molecule has 0 spiro atoms. The van der Waals surface area contributed by atoms with Crippen molar-refractivity contribution in [3.63, 3.8) is 0 Å². The van der Waals surface area contributed by atoms with Crippen LogP contribution in [0.25, 0.3) is 11.4 Å². The number of hydrogen-bond donors (Lipinski definition) is 0. The molecule has 1 atom stereocenters. The summed E-state index contributed by atoms with van der Waals surface area (Å²) in [5.41, 5.74) is 0.822. The van der Waals surface area contributed by atoms with Crippen LogP contribution in [-0.2, 0) is 6.54 Å². The van der Waals surface area contributed by atoms with E-state index in [1.165, 1.54) is 0 Å². The molecule has 3 heterocycles. The summed E-state index contributed by atoms with van der Waals surface area (Å²) in [5, 5.41) is 4.08. The molecule has 0 amide bonds. The van der Waals surface area contributed by atoms with Crippen LogP contribution in [0.15, 0.2) is 47.0 Å². The minimum absolute atomic E-state index is 0.0591. The van der Waals surface area contributed by atoms with Gasteiger partial charge in [-0.05, 0) is 37.4 Å². The zero-order chi connectivity index (χ0) is 18.9. The molecular weight excluding hydrogens is 362 g/mol. The van der Waals surface area contributed by atoms with Gasteiger partial charge < -0.3 is 23.5 Å². The Bertz CT molecular complexity index is 989. The van der Waals surface area contributed by atoms with Gasteiger partial charge in [0.05, 0.1) is 6.54 Å². The van der Waals surface area contributed by atoms with Gasteiger partial charge in [0.2, 0.25) is 18.5 Å². The van der Waals surface area contributed by atoms with Crippen LogP contribution in [0, 0.1) is 0 Å². The summed E-state index contributed by atoms with van der Waals surface area (Å²) >= 11 is 0. The zero-order valence-corrected chi connectivity index (χ0v) is 15.3. The Morgan fingerprint density at radius 3 is 2.75 bits per heavy atom. The summed E-state index contributed by atoms with van der Waals surface area (Å²) in [6.45, 7) is 1.93. The van der Waals surface area contributed by atoms with Crippen LogP contribution in [-0.4, -0.2) is 48.1 Å². The van der Waals surface area contributed by atoms with Gasteiger partial charge in [-0.2, -0.15) is 4.98 Å². The highest BCUT2D eigenvalue weighted by Gasteiger charge is 2.23. The highest BCUT2D eigenvalue weighted by atomic mass is 16.7. The largest absolute Gasteiger partial charge is 0.486 e. The summed E-state index contributed by atoms with van der Waals surface area (Å²) in [6.07, 6.45) is -0.0591. The maximum Gasteiger partial charge on any atom is 0.241 e. The quantitative estimate of drug-likeness (QED) is 0.668. The smallest absolute Gasteiger partial charge is 0.241 e. The molecule has 0 saturated heterocycles. The van der Waals surface area contributed by atoms with Gasteiger partial charge in [0.15, 0.2) is 23.0 Å². The minimum Gasteiger partial charge on any atom is -0.486 e. The van der Waals surface area contributed by atoms with Gasteiger partial charge in [0, 0.05) is 12.1 Å². The molecule has 144 valence electrons. The molecule has 5 rings (SSSR count). The second-order valence-electron chi connectivity index (χ2n) is 6.77. The van der Waals surface area contributed by atoms with Crippen LogP contribution in [0.5, 0.6) is 23.0 Å². The Balaban J connectivity index is 1.21. The monoisotopic (exact) mass is 381 g/mol. The van der Waals surface area contributed by atoms with Crippen molar-refractivity contribution in [3.05, 3.63) is 48.4 Å². The van der Waals surface area contributed by atoms with Crippen molar-refractivity contribution in [2.75, 3.05) is 27.0 Å². The summed E-state index contributed by atoms with van der Waals surface area (Å²) in [7, 11) is 1.98. The van der Waals surface area contributed by atoms with E-state index in [1.54, 1.807) is 0 Å². The molecule has 2 aromatic carbocycles. The van der Waals surface area contributed by atoms with E-state index in [0.29, 0.717) is 37.2 Å². The van der Waals surface area contributed by atoms with Crippen molar-refractivity contribution in [1.82, 2.24) is 15.0 Å². The molecule has 28 heavy (non-hydrogen) atoms. The van der Waals surface area contributed by atoms with E-state index in [2.05, 4.69) is 15.0 Å². The van der Waals surface area contributed by atoms with Gasteiger partial charge in [-0.25, -0.2) is 0 Å². The molecule has 2 aliphatic heterocycles. The molecule has 0 radical (unpaired) electrons. The number of benzene rings is 2. The van der Waals surface area contributed by atoms with Crippen molar-refractivity contribution in [2.45, 2.75) is 12.6 Å². The summed E-state index contributed by atoms with van der Waals surface area (Å²) < 4.78 is 27.9. The molecule has 8 heteroatoms. The second kappa shape index (κ2) is 7.05. The number of likely N-dealkylation sites (N-methyl/N-ethyl adjacent to an activating group) is 1. The lowest BCUT2D eigenvalue weighted by molar-refractivity contribution is 0.0613. The summed E-state index contributed by atoms with van der Waals surface area (Å²) in [4.78, 5) is 6.56. The number of rotatable bonds is 5. The van der Waals surface area contributed by atoms with Gasteiger partial charge in [0.25, 0.3) is 0 Å². The molecular formula is C20H19N3O5. The van der Waals surface area contributed by atoms with Crippen LogP contribution in [0.2, 0.25) is 0 Å². The van der Waals surface area contributed by atoms with Crippen LogP contribution >= 0.6 is 0 Å². The van der Waals surface area contributed by atoms with Crippen molar-refractivity contribution in [2.24, 2.45) is 0 Å². The summed E-state index contributed by atoms with van der Waals surface area (Å²) in [5.74, 6) is 4.03. The van der Waals surface area contributed by atoms with Gasteiger partial charge in [0.1, 0.15) is 12.7 Å². The fraction of sp³-hybridized carbons (Fsp3) is 0.300. The molecule has 1 aromatic heterocycles. The third-order valence-corrected chi connectivity index (χ3v) is 4.59. The number of ether oxygens (including phenoxy) is 4. The average Bonchev–Trinajstić information content (AvgIpc) is 3.36. The Kier molecular flexibility index (Phi) is 4.25. The van der Waals surface area contributed by atoms with Gasteiger partial charge >= 0.3 is 0 Å². The SMILES string of the molecule is CN(Cc1nc(-c2ccc3c(c2)OCO3)no1)CC1COc2ccccc2O1. The second-order valence-corrected chi connectivity index (χ2v) is 6.77. The van der Waals surface area contributed by atoms with E-state index in [-0.39, 0.29) is 12.9 Å². The maximum atomic E-state index is 6.00. The molecule has 8 nitrogen and oxygen atoms in total. The lowest BCUT2D eigenvalue weighted by Gasteiger charge is -2.29. The van der Waals surface area contributed by atoms with Crippen molar-refractivity contribution in [3.8, 4) is 34.4 Å². The third-order valence-electron chi connectivity index (χ3n) is 4.59. The average molecular weight is 381 g/mol. The lowest BCUT2D eigenvalue weighted by atomic mass is 10.2. The molecule has 0 bridgehead atoms. The van der Waals surface area contributed by atoms with Gasteiger partial charge in [-0.1, -0.05) is 17.3 Å². The fourth-order valence-electron chi connectivity index (χ4n) is 3.27. The highest BCUT2D eigenvalue weighted by molar-refractivity contribution is 5.61. The van der Waals surface area contributed by atoms with Crippen LogP contribution in [0.4, 0.5) is 0 Å². The normalized spacial score (nSPS) is 17.1. The van der Waals surface area contributed by atoms with E-state index in [0.717, 1.165) is 22.8 Å². The molecule has 3 aromatic rings. The first-order chi connectivity index (χ1) is 13.7.